The third-order valence-corrected chi connectivity index (χ3v) is 5.25. The van der Waals surface area contributed by atoms with Crippen LogP contribution in [0.15, 0.2) is 63.9 Å². The second-order valence-electron chi connectivity index (χ2n) is 8.09. The number of aromatic nitrogens is 3. The Kier molecular flexibility index (Phi) is 6.23. The molecule has 0 aliphatic rings. The van der Waals surface area contributed by atoms with Crippen LogP contribution < -0.4 is 10.9 Å². The smallest absolute Gasteiger partial charge is 0.350 e. The van der Waals surface area contributed by atoms with Crippen molar-refractivity contribution in [1.82, 2.24) is 20.0 Å². The minimum Gasteiger partial charge on any atom is -0.350 e. The zero-order chi connectivity index (χ0) is 24.5. The van der Waals surface area contributed by atoms with Gasteiger partial charge in [0.15, 0.2) is 5.82 Å². The number of hydrogen-bond donors (Lipinski definition) is 1. The predicted molar refractivity (Wildman–Crippen MR) is 119 cm³/mol. The number of benzene rings is 2. The Morgan fingerprint density at radius 1 is 1.12 bits per heavy atom. The molecule has 1 amide bonds. The molecule has 0 spiro atoms. The van der Waals surface area contributed by atoms with Crippen molar-refractivity contribution < 1.29 is 22.5 Å². The number of carbonyl (C=O) groups is 1. The SMILES string of the molecule is CC(C)c1noc(-c2cc(=O)n(CC(=O)NCc3cccc(C(F)(F)F)c3)c3ccccc23)n1. The van der Waals surface area contributed by atoms with Gasteiger partial charge in [-0.05, 0) is 23.8 Å². The molecule has 1 N–H and O–H groups in total. The summed E-state index contributed by atoms with van der Waals surface area (Å²) < 4.78 is 45.3. The summed E-state index contributed by atoms with van der Waals surface area (Å²) in [4.78, 5) is 29.8. The third-order valence-electron chi connectivity index (χ3n) is 5.25. The number of para-hydroxylation sites is 1. The fourth-order valence-corrected chi connectivity index (χ4v) is 3.51. The van der Waals surface area contributed by atoms with Crippen LogP contribution in [-0.2, 0) is 24.1 Å². The molecule has 10 heteroatoms. The van der Waals surface area contributed by atoms with Crippen LogP contribution in [0.4, 0.5) is 13.2 Å². The molecule has 0 aliphatic carbocycles. The molecule has 0 radical (unpaired) electrons. The largest absolute Gasteiger partial charge is 0.416 e. The summed E-state index contributed by atoms with van der Waals surface area (Å²) in [6.45, 7) is 3.43. The Bertz CT molecular complexity index is 1410. The van der Waals surface area contributed by atoms with E-state index in [1.54, 1.807) is 24.3 Å². The van der Waals surface area contributed by atoms with E-state index >= 15 is 0 Å². The Morgan fingerprint density at radius 3 is 2.59 bits per heavy atom. The van der Waals surface area contributed by atoms with Gasteiger partial charge < -0.3 is 9.84 Å². The van der Waals surface area contributed by atoms with E-state index in [0.717, 1.165) is 12.1 Å². The van der Waals surface area contributed by atoms with Crippen molar-refractivity contribution in [2.75, 3.05) is 0 Å². The van der Waals surface area contributed by atoms with Crippen LogP contribution in [0.25, 0.3) is 22.4 Å². The molecular weight excluding hydrogens is 449 g/mol. The first-order valence-electron chi connectivity index (χ1n) is 10.5. The topological polar surface area (TPSA) is 90.0 Å². The van der Waals surface area contributed by atoms with Crippen LogP contribution in [0, 0.1) is 0 Å². The molecule has 2 aromatic carbocycles. The first-order chi connectivity index (χ1) is 16.1. The molecule has 34 heavy (non-hydrogen) atoms. The highest BCUT2D eigenvalue weighted by Gasteiger charge is 2.30. The quantitative estimate of drug-likeness (QED) is 0.448. The van der Waals surface area contributed by atoms with E-state index in [2.05, 4.69) is 15.5 Å². The Morgan fingerprint density at radius 2 is 1.88 bits per heavy atom. The minimum absolute atomic E-state index is 0.0460. The van der Waals surface area contributed by atoms with Gasteiger partial charge in [-0.25, -0.2) is 0 Å². The minimum atomic E-state index is -4.47. The van der Waals surface area contributed by atoms with Crippen LogP contribution in [0.3, 0.4) is 0 Å². The maximum absolute atomic E-state index is 12.9. The van der Waals surface area contributed by atoms with E-state index in [-0.39, 0.29) is 24.9 Å². The van der Waals surface area contributed by atoms with E-state index in [1.807, 2.05) is 13.8 Å². The summed E-state index contributed by atoms with van der Waals surface area (Å²) in [7, 11) is 0. The van der Waals surface area contributed by atoms with Crippen LogP contribution in [-0.4, -0.2) is 20.6 Å². The van der Waals surface area contributed by atoms with Crippen LogP contribution in [0.1, 0.15) is 36.7 Å². The number of rotatable bonds is 6. The molecule has 0 saturated heterocycles. The van der Waals surface area contributed by atoms with Crippen molar-refractivity contribution in [2.24, 2.45) is 0 Å². The van der Waals surface area contributed by atoms with Gasteiger partial charge in [-0.2, -0.15) is 18.2 Å². The van der Waals surface area contributed by atoms with Gasteiger partial charge in [0.1, 0.15) is 6.54 Å². The molecule has 0 saturated carbocycles. The summed E-state index contributed by atoms with van der Waals surface area (Å²) in [5.74, 6) is 0.248. The maximum Gasteiger partial charge on any atom is 0.416 e. The van der Waals surface area contributed by atoms with Crippen molar-refractivity contribution >= 4 is 16.8 Å². The second kappa shape index (κ2) is 9.12. The summed E-state index contributed by atoms with van der Waals surface area (Å²) in [5.41, 5.74) is 0.00290. The fraction of sp³-hybridized carbons (Fsp3) is 0.250. The predicted octanol–water partition coefficient (Wildman–Crippen LogP) is 4.51. The molecule has 4 aromatic rings. The number of nitrogens with one attached hydrogen (secondary N) is 1. The molecule has 176 valence electrons. The number of halogens is 3. The zero-order valence-electron chi connectivity index (χ0n) is 18.4. The van der Waals surface area contributed by atoms with Gasteiger partial charge >= 0.3 is 6.18 Å². The van der Waals surface area contributed by atoms with Gasteiger partial charge in [0.05, 0.1) is 16.6 Å². The maximum atomic E-state index is 12.9. The van der Waals surface area contributed by atoms with Crippen molar-refractivity contribution in [1.29, 1.82) is 0 Å². The van der Waals surface area contributed by atoms with E-state index in [4.69, 9.17) is 4.52 Å². The summed E-state index contributed by atoms with van der Waals surface area (Å²) in [6.07, 6.45) is -4.47. The van der Waals surface area contributed by atoms with Crippen molar-refractivity contribution in [3.8, 4) is 11.5 Å². The van der Waals surface area contributed by atoms with Gasteiger partial charge in [-0.15, -0.1) is 0 Å². The molecule has 2 heterocycles. The number of amides is 1. The monoisotopic (exact) mass is 470 g/mol. The van der Waals surface area contributed by atoms with E-state index in [1.165, 1.54) is 22.8 Å². The number of pyridine rings is 1. The lowest BCUT2D eigenvalue weighted by atomic mass is 10.1. The molecule has 0 unspecified atom stereocenters. The van der Waals surface area contributed by atoms with E-state index in [9.17, 15) is 22.8 Å². The molecule has 4 rings (SSSR count). The Hall–Kier alpha value is -3.95. The fourth-order valence-electron chi connectivity index (χ4n) is 3.51. The number of nitrogens with zero attached hydrogens (tertiary/aromatic N) is 3. The Labute approximate surface area is 192 Å². The molecule has 0 bridgehead atoms. The van der Waals surface area contributed by atoms with E-state index in [0.29, 0.717) is 27.9 Å². The number of fused-ring (bicyclic) bond motifs is 1. The molecule has 7 nitrogen and oxygen atoms in total. The average Bonchev–Trinajstić information content (AvgIpc) is 3.29. The number of alkyl halides is 3. The van der Waals surface area contributed by atoms with Gasteiger partial charge in [0, 0.05) is 23.9 Å². The van der Waals surface area contributed by atoms with Crippen LogP contribution >= 0.6 is 0 Å². The van der Waals surface area contributed by atoms with Crippen LogP contribution in [0.2, 0.25) is 0 Å². The van der Waals surface area contributed by atoms with Gasteiger partial charge in [-0.1, -0.05) is 49.3 Å². The van der Waals surface area contributed by atoms with Crippen molar-refractivity contribution in [2.45, 2.75) is 39.0 Å². The summed E-state index contributed by atoms with van der Waals surface area (Å²) in [6, 6.07) is 13.0. The highest BCUT2D eigenvalue weighted by atomic mass is 19.4. The molecule has 0 atom stereocenters. The summed E-state index contributed by atoms with van der Waals surface area (Å²) >= 11 is 0. The highest BCUT2D eigenvalue weighted by molar-refractivity contribution is 5.93. The molecular formula is C24H21F3N4O3. The van der Waals surface area contributed by atoms with E-state index < -0.39 is 23.2 Å². The normalized spacial score (nSPS) is 11.8. The lowest BCUT2D eigenvalue weighted by Gasteiger charge is -2.13. The third kappa shape index (κ3) is 4.85. The summed E-state index contributed by atoms with van der Waals surface area (Å²) in [5, 5.41) is 7.16. The first-order valence-corrected chi connectivity index (χ1v) is 10.5. The van der Waals surface area contributed by atoms with Gasteiger partial charge in [0.2, 0.25) is 5.91 Å². The highest BCUT2D eigenvalue weighted by Crippen LogP contribution is 2.30. The van der Waals surface area contributed by atoms with Gasteiger partial charge in [0.25, 0.3) is 11.4 Å². The number of carbonyl (C=O) groups excluding carboxylic acids is 1. The lowest BCUT2D eigenvalue weighted by Crippen LogP contribution is -2.32. The average molecular weight is 470 g/mol. The second-order valence-corrected chi connectivity index (χ2v) is 8.09. The molecule has 0 aliphatic heterocycles. The van der Waals surface area contributed by atoms with Crippen molar-refractivity contribution in [3.63, 3.8) is 0 Å². The standard InChI is InChI=1S/C24H21F3N4O3/c1-14(2)22-29-23(34-30-22)18-11-21(33)31(19-9-4-3-8-17(18)19)13-20(32)28-12-15-6-5-7-16(10-15)24(25,26)27/h3-11,14H,12-13H2,1-2H3,(H,28,32). The Balaban J connectivity index is 1.59. The first kappa shape index (κ1) is 23.2. The van der Waals surface area contributed by atoms with Gasteiger partial charge in [-0.3, -0.25) is 14.2 Å². The zero-order valence-corrected chi connectivity index (χ0v) is 18.4. The molecule has 2 aromatic heterocycles. The molecule has 0 fully saturated rings. The number of hydrogen-bond acceptors (Lipinski definition) is 5. The van der Waals surface area contributed by atoms with Crippen LogP contribution in [0.5, 0.6) is 0 Å². The van der Waals surface area contributed by atoms with Crippen molar-refractivity contribution in [3.05, 3.63) is 81.9 Å². The lowest BCUT2D eigenvalue weighted by molar-refractivity contribution is -0.137.